The lowest BCUT2D eigenvalue weighted by molar-refractivity contribution is -0.917. The Labute approximate surface area is 164 Å². The standard InChI is InChI=1S/C21H24ClN3O2/c1-16(20(26)23-15-17-7-3-2-4-8-17)24-11-13-25(14-12-24)21(27)18-9-5-6-10-19(18)22/h2-10,16H,11-15H2,1H3,(H,23,26)/p+1/t16-/m1/s1. The molecule has 2 aromatic carbocycles. The number of halogens is 1. The normalized spacial score (nSPS) is 16.0. The van der Waals surface area contributed by atoms with E-state index in [1.165, 1.54) is 4.90 Å². The van der Waals surface area contributed by atoms with Gasteiger partial charge in [0, 0.05) is 6.54 Å². The van der Waals surface area contributed by atoms with Gasteiger partial charge in [-0.3, -0.25) is 9.59 Å². The molecule has 0 radical (unpaired) electrons. The number of hydrogen-bond donors (Lipinski definition) is 2. The first-order valence-electron chi connectivity index (χ1n) is 9.26. The van der Waals surface area contributed by atoms with Crippen LogP contribution < -0.4 is 10.2 Å². The number of rotatable bonds is 5. The van der Waals surface area contributed by atoms with Crippen LogP contribution in [0.3, 0.4) is 0 Å². The van der Waals surface area contributed by atoms with Crippen molar-refractivity contribution in [1.29, 1.82) is 0 Å². The molecule has 3 rings (SSSR count). The minimum Gasteiger partial charge on any atom is -0.347 e. The SMILES string of the molecule is C[C@H](C(=O)NCc1ccccc1)[NH+]1CCN(C(=O)c2ccccc2Cl)CC1. The Morgan fingerprint density at radius 2 is 1.70 bits per heavy atom. The first-order valence-corrected chi connectivity index (χ1v) is 9.64. The van der Waals surface area contributed by atoms with E-state index in [2.05, 4.69) is 5.32 Å². The van der Waals surface area contributed by atoms with Crippen molar-refractivity contribution >= 4 is 23.4 Å². The maximum absolute atomic E-state index is 12.6. The summed E-state index contributed by atoms with van der Waals surface area (Å²) >= 11 is 6.14. The third-order valence-electron chi connectivity index (χ3n) is 5.11. The highest BCUT2D eigenvalue weighted by molar-refractivity contribution is 6.33. The molecular formula is C21H25ClN3O2+. The topological polar surface area (TPSA) is 53.9 Å². The average Bonchev–Trinajstić information content (AvgIpc) is 2.72. The molecule has 0 aromatic heterocycles. The molecule has 1 aliphatic heterocycles. The Balaban J connectivity index is 1.50. The fourth-order valence-electron chi connectivity index (χ4n) is 3.36. The number of amides is 2. The van der Waals surface area contributed by atoms with E-state index < -0.39 is 0 Å². The van der Waals surface area contributed by atoms with Crippen LogP contribution in [0.25, 0.3) is 0 Å². The fourth-order valence-corrected chi connectivity index (χ4v) is 3.58. The van der Waals surface area contributed by atoms with E-state index in [1.54, 1.807) is 12.1 Å². The van der Waals surface area contributed by atoms with E-state index in [0.29, 0.717) is 30.2 Å². The highest BCUT2D eigenvalue weighted by atomic mass is 35.5. The highest BCUT2D eigenvalue weighted by Crippen LogP contribution is 2.17. The van der Waals surface area contributed by atoms with Crippen LogP contribution in [0.4, 0.5) is 0 Å². The van der Waals surface area contributed by atoms with Crippen molar-refractivity contribution in [1.82, 2.24) is 10.2 Å². The van der Waals surface area contributed by atoms with Gasteiger partial charge in [0.25, 0.3) is 11.8 Å². The van der Waals surface area contributed by atoms with Crippen molar-refractivity contribution < 1.29 is 14.5 Å². The molecule has 2 aromatic rings. The Kier molecular flexibility index (Phi) is 6.48. The summed E-state index contributed by atoms with van der Waals surface area (Å²) in [5.41, 5.74) is 1.62. The second-order valence-corrected chi connectivity index (χ2v) is 7.26. The summed E-state index contributed by atoms with van der Waals surface area (Å²) in [4.78, 5) is 28.1. The molecule has 0 saturated carbocycles. The van der Waals surface area contributed by atoms with Gasteiger partial charge in [-0.1, -0.05) is 54.1 Å². The smallest absolute Gasteiger partial charge is 0.278 e. The van der Waals surface area contributed by atoms with Crippen molar-refractivity contribution in [2.24, 2.45) is 0 Å². The maximum Gasteiger partial charge on any atom is 0.278 e. The lowest BCUT2D eigenvalue weighted by Gasteiger charge is -2.35. The molecule has 1 saturated heterocycles. The molecule has 27 heavy (non-hydrogen) atoms. The molecule has 0 bridgehead atoms. The number of nitrogens with zero attached hydrogens (tertiary/aromatic N) is 1. The summed E-state index contributed by atoms with van der Waals surface area (Å²) in [6.07, 6.45) is 0. The molecule has 1 aliphatic rings. The molecule has 6 heteroatoms. The average molecular weight is 387 g/mol. The molecule has 1 atom stereocenters. The van der Waals surface area contributed by atoms with E-state index in [-0.39, 0.29) is 17.9 Å². The number of hydrogen-bond acceptors (Lipinski definition) is 2. The summed E-state index contributed by atoms with van der Waals surface area (Å²) in [7, 11) is 0. The predicted octanol–water partition coefficient (Wildman–Crippen LogP) is 1.39. The molecule has 142 valence electrons. The van der Waals surface area contributed by atoms with E-state index in [9.17, 15) is 9.59 Å². The van der Waals surface area contributed by atoms with Gasteiger partial charge in [0.15, 0.2) is 6.04 Å². The van der Waals surface area contributed by atoms with Crippen molar-refractivity contribution in [2.45, 2.75) is 19.5 Å². The van der Waals surface area contributed by atoms with E-state index >= 15 is 0 Å². The minimum absolute atomic E-state index is 0.0409. The second kappa shape index (κ2) is 9.02. The first kappa shape index (κ1) is 19.4. The van der Waals surface area contributed by atoms with Gasteiger partial charge in [-0.25, -0.2) is 0 Å². The maximum atomic E-state index is 12.6. The van der Waals surface area contributed by atoms with Crippen LogP contribution in [0.2, 0.25) is 5.02 Å². The van der Waals surface area contributed by atoms with E-state index in [0.717, 1.165) is 18.7 Å². The molecule has 0 unspecified atom stereocenters. The lowest BCUT2D eigenvalue weighted by atomic mass is 10.1. The van der Waals surface area contributed by atoms with Crippen LogP contribution >= 0.6 is 11.6 Å². The molecule has 2 N–H and O–H groups in total. The molecule has 0 spiro atoms. The van der Waals surface area contributed by atoms with Gasteiger partial charge >= 0.3 is 0 Å². The van der Waals surface area contributed by atoms with Crippen molar-refractivity contribution in [3.8, 4) is 0 Å². The monoisotopic (exact) mass is 386 g/mol. The minimum atomic E-state index is -0.147. The first-order chi connectivity index (χ1) is 13.1. The Morgan fingerprint density at radius 1 is 1.07 bits per heavy atom. The summed E-state index contributed by atoms with van der Waals surface area (Å²) in [6.45, 7) is 5.22. The lowest BCUT2D eigenvalue weighted by Crippen LogP contribution is -3.19. The van der Waals surface area contributed by atoms with Gasteiger partial charge in [0.05, 0.1) is 36.8 Å². The van der Waals surface area contributed by atoms with Gasteiger partial charge in [-0.15, -0.1) is 0 Å². The zero-order chi connectivity index (χ0) is 19.2. The summed E-state index contributed by atoms with van der Waals surface area (Å²) in [5.74, 6) is 0.000524. The number of quaternary nitrogens is 1. The largest absolute Gasteiger partial charge is 0.347 e. The van der Waals surface area contributed by atoms with E-state index in [4.69, 9.17) is 11.6 Å². The van der Waals surface area contributed by atoms with Crippen LogP contribution in [-0.4, -0.2) is 48.9 Å². The van der Waals surface area contributed by atoms with Crippen molar-refractivity contribution in [3.05, 3.63) is 70.7 Å². The van der Waals surface area contributed by atoms with Gasteiger partial charge in [-0.2, -0.15) is 0 Å². The zero-order valence-electron chi connectivity index (χ0n) is 15.5. The van der Waals surface area contributed by atoms with Crippen LogP contribution in [0.5, 0.6) is 0 Å². The Hall–Kier alpha value is -2.37. The van der Waals surface area contributed by atoms with Crippen LogP contribution in [0, 0.1) is 0 Å². The summed E-state index contributed by atoms with van der Waals surface area (Å²) in [5, 5.41) is 3.48. The molecule has 1 heterocycles. The van der Waals surface area contributed by atoms with Crippen molar-refractivity contribution in [2.75, 3.05) is 26.2 Å². The molecule has 5 nitrogen and oxygen atoms in total. The van der Waals surface area contributed by atoms with Gasteiger partial charge in [0.2, 0.25) is 0 Å². The van der Waals surface area contributed by atoms with Gasteiger partial charge in [-0.05, 0) is 24.6 Å². The Morgan fingerprint density at radius 3 is 2.37 bits per heavy atom. The summed E-state index contributed by atoms with van der Waals surface area (Å²) < 4.78 is 0. The zero-order valence-corrected chi connectivity index (χ0v) is 16.2. The van der Waals surface area contributed by atoms with E-state index in [1.807, 2.05) is 54.3 Å². The number of benzene rings is 2. The van der Waals surface area contributed by atoms with Crippen molar-refractivity contribution in [3.63, 3.8) is 0 Å². The third-order valence-corrected chi connectivity index (χ3v) is 5.44. The quantitative estimate of drug-likeness (QED) is 0.815. The fraction of sp³-hybridized carbons (Fsp3) is 0.333. The van der Waals surface area contributed by atoms with Gasteiger partial charge in [0.1, 0.15) is 0 Å². The summed E-state index contributed by atoms with van der Waals surface area (Å²) in [6, 6.07) is 16.9. The molecule has 0 aliphatic carbocycles. The highest BCUT2D eigenvalue weighted by Gasteiger charge is 2.31. The molecule has 2 amide bonds. The number of carbonyl (C=O) groups is 2. The second-order valence-electron chi connectivity index (χ2n) is 6.86. The number of piperazine rings is 1. The van der Waals surface area contributed by atoms with Gasteiger partial charge < -0.3 is 15.1 Å². The van der Waals surface area contributed by atoms with Crippen LogP contribution in [0.15, 0.2) is 54.6 Å². The number of nitrogens with one attached hydrogen (secondary N) is 2. The molecular weight excluding hydrogens is 362 g/mol. The Bertz CT molecular complexity index is 789. The number of carbonyl (C=O) groups excluding carboxylic acids is 2. The predicted molar refractivity (Wildman–Crippen MR) is 106 cm³/mol. The van der Waals surface area contributed by atoms with Crippen LogP contribution in [-0.2, 0) is 11.3 Å². The molecule has 1 fully saturated rings. The van der Waals surface area contributed by atoms with Crippen LogP contribution in [0.1, 0.15) is 22.8 Å². The third kappa shape index (κ3) is 4.87.